The van der Waals surface area contributed by atoms with E-state index in [-0.39, 0.29) is 6.09 Å². The van der Waals surface area contributed by atoms with Gasteiger partial charge < -0.3 is 14.5 Å². The second kappa shape index (κ2) is 6.38. The highest BCUT2D eigenvalue weighted by Crippen LogP contribution is 2.27. The van der Waals surface area contributed by atoms with E-state index in [0.29, 0.717) is 18.4 Å². The average Bonchev–Trinajstić information content (AvgIpc) is 2.25. The van der Waals surface area contributed by atoms with Crippen LogP contribution < -0.4 is 5.90 Å². The van der Waals surface area contributed by atoms with Crippen molar-refractivity contribution >= 4 is 6.09 Å². The molecule has 1 amide bonds. The molecule has 18 heavy (non-hydrogen) atoms. The molecule has 0 aromatic rings. The maximum Gasteiger partial charge on any atom is 0.410 e. The molecular formula is C13H26N2O3. The minimum atomic E-state index is -0.426. The highest BCUT2D eigenvalue weighted by atomic mass is 16.6. The summed E-state index contributed by atoms with van der Waals surface area (Å²) in [6.45, 7) is 9.93. The van der Waals surface area contributed by atoms with Gasteiger partial charge in [0.1, 0.15) is 5.60 Å². The van der Waals surface area contributed by atoms with Gasteiger partial charge in [0.15, 0.2) is 0 Å². The van der Waals surface area contributed by atoms with E-state index in [9.17, 15) is 4.79 Å². The first kappa shape index (κ1) is 15.2. The molecule has 106 valence electrons. The van der Waals surface area contributed by atoms with E-state index in [0.717, 1.165) is 25.9 Å². The van der Waals surface area contributed by atoms with Crippen molar-refractivity contribution in [1.82, 2.24) is 4.90 Å². The van der Waals surface area contributed by atoms with Crippen molar-refractivity contribution in [3.8, 4) is 0 Å². The lowest BCUT2D eigenvalue weighted by Crippen LogP contribution is -2.45. The Kier molecular flexibility index (Phi) is 5.41. The highest BCUT2D eigenvalue weighted by molar-refractivity contribution is 5.68. The number of likely N-dealkylation sites (tertiary alicyclic amines) is 1. The van der Waals surface area contributed by atoms with E-state index in [4.69, 9.17) is 10.6 Å². The van der Waals surface area contributed by atoms with Crippen LogP contribution in [0.2, 0.25) is 0 Å². The van der Waals surface area contributed by atoms with Crippen LogP contribution in [-0.4, -0.2) is 36.3 Å². The van der Waals surface area contributed by atoms with Crippen molar-refractivity contribution in [2.45, 2.75) is 46.1 Å². The van der Waals surface area contributed by atoms with Crippen LogP contribution in [0.3, 0.4) is 0 Å². The number of nitrogens with two attached hydrogens (primary N) is 1. The molecule has 1 aliphatic rings. The highest BCUT2D eigenvalue weighted by Gasteiger charge is 2.30. The van der Waals surface area contributed by atoms with E-state index in [2.05, 4.69) is 11.8 Å². The molecule has 0 bridgehead atoms. The number of nitrogens with zero attached hydrogens (tertiary/aromatic N) is 1. The van der Waals surface area contributed by atoms with Gasteiger partial charge >= 0.3 is 6.09 Å². The Balaban J connectivity index is 2.43. The zero-order chi connectivity index (χ0) is 13.8. The Labute approximate surface area is 110 Å². The smallest absolute Gasteiger partial charge is 0.410 e. The summed E-state index contributed by atoms with van der Waals surface area (Å²) in [5, 5.41) is 0. The summed E-state index contributed by atoms with van der Waals surface area (Å²) in [6.07, 6.45) is 1.74. The fourth-order valence-corrected chi connectivity index (χ4v) is 2.33. The zero-order valence-electron chi connectivity index (χ0n) is 11.9. The van der Waals surface area contributed by atoms with Crippen LogP contribution >= 0.6 is 0 Å². The third-order valence-electron chi connectivity index (χ3n) is 3.34. The van der Waals surface area contributed by atoms with Crippen molar-refractivity contribution in [1.29, 1.82) is 0 Å². The first-order valence-electron chi connectivity index (χ1n) is 6.63. The molecule has 0 saturated carbocycles. The molecule has 2 N–H and O–H groups in total. The van der Waals surface area contributed by atoms with E-state index in [1.165, 1.54) is 0 Å². The van der Waals surface area contributed by atoms with Gasteiger partial charge in [-0.05, 0) is 45.4 Å². The molecule has 1 rings (SSSR count). The minimum absolute atomic E-state index is 0.206. The standard InChI is InChI=1S/C13H26N2O3/c1-10-9-15(12(16)18-13(2,3)4)7-5-11(10)6-8-17-14/h10-11H,5-9,14H2,1-4H3. The Morgan fingerprint density at radius 3 is 2.61 bits per heavy atom. The minimum Gasteiger partial charge on any atom is -0.444 e. The van der Waals surface area contributed by atoms with E-state index in [1.807, 2.05) is 20.8 Å². The summed E-state index contributed by atoms with van der Waals surface area (Å²) in [7, 11) is 0. The lowest BCUT2D eigenvalue weighted by molar-refractivity contribution is 0.00850. The monoisotopic (exact) mass is 258 g/mol. The third kappa shape index (κ3) is 4.82. The van der Waals surface area contributed by atoms with Crippen LogP contribution in [0.4, 0.5) is 4.79 Å². The van der Waals surface area contributed by atoms with Gasteiger partial charge in [-0.15, -0.1) is 0 Å². The van der Waals surface area contributed by atoms with Gasteiger partial charge in [-0.25, -0.2) is 10.7 Å². The van der Waals surface area contributed by atoms with Gasteiger partial charge in [-0.1, -0.05) is 6.92 Å². The number of rotatable bonds is 3. The predicted molar refractivity (Wildman–Crippen MR) is 69.8 cm³/mol. The summed E-state index contributed by atoms with van der Waals surface area (Å²) in [6, 6.07) is 0. The number of hydrogen-bond acceptors (Lipinski definition) is 4. The summed E-state index contributed by atoms with van der Waals surface area (Å²) < 4.78 is 5.38. The molecule has 2 atom stereocenters. The lowest BCUT2D eigenvalue weighted by atomic mass is 9.85. The van der Waals surface area contributed by atoms with E-state index < -0.39 is 5.60 Å². The fraction of sp³-hybridized carbons (Fsp3) is 0.923. The molecule has 0 spiro atoms. The molecule has 1 aliphatic heterocycles. The second-order valence-corrected chi connectivity index (χ2v) is 6.11. The van der Waals surface area contributed by atoms with Crippen molar-refractivity contribution < 1.29 is 14.4 Å². The lowest BCUT2D eigenvalue weighted by Gasteiger charge is -2.37. The molecule has 0 aliphatic carbocycles. The third-order valence-corrected chi connectivity index (χ3v) is 3.34. The first-order valence-corrected chi connectivity index (χ1v) is 6.63. The zero-order valence-corrected chi connectivity index (χ0v) is 11.9. The van der Waals surface area contributed by atoms with Crippen LogP contribution in [0.5, 0.6) is 0 Å². The maximum absolute atomic E-state index is 11.9. The van der Waals surface area contributed by atoms with Crippen LogP contribution in [0.25, 0.3) is 0 Å². The number of ether oxygens (including phenoxy) is 1. The molecule has 1 heterocycles. The average molecular weight is 258 g/mol. The largest absolute Gasteiger partial charge is 0.444 e. The van der Waals surface area contributed by atoms with Crippen LogP contribution in [-0.2, 0) is 9.57 Å². The fourth-order valence-electron chi connectivity index (χ4n) is 2.33. The molecular weight excluding hydrogens is 232 g/mol. The molecule has 0 radical (unpaired) electrons. The Morgan fingerprint density at radius 1 is 1.44 bits per heavy atom. The van der Waals surface area contributed by atoms with Crippen molar-refractivity contribution in [3.63, 3.8) is 0 Å². The predicted octanol–water partition coefficient (Wildman–Crippen LogP) is 2.16. The first-order chi connectivity index (χ1) is 8.33. The van der Waals surface area contributed by atoms with Crippen molar-refractivity contribution in [2.75, 3.05) is 19.7 Å². The summed E-state index contributed by atoms with van der Waals surface area (Å²) >= 11 is 0. The molecule has 5 heteroatoms. The summed E-state index contributed by atoms with van der Waals surface area (Å²) in [5.74, 6) is 6.09. The number of amides is 1. The topological polar surface area (TPSA) is 64.8 Å². The molecule has 5 nitrogen and oxygen atoms in total. The summed E-state index contributed by atoms with van der Waals surface area (Å²) in [4.78, 5) is 18.4. The van der Waals surface area contributed by atoms with Gasteiger partial charge in [0, 0.05) is 13.1 Å². The quantitative estimate of drug-likeness (QED) is 0.788. The second-order valence-electron chi connectivity index (χ2n) is 6.11. The van der Waals surface area contributed by atoms with E-state index >= 15 is 0 Å². The number of hydrogen-bond donors (Lipinski definition) is 1. The normalized spacial score (nSPS) is 25.1. The van der Waals surface area contributed by atoms with Gasteiger partial charge in [0.05, 0.1) is 6.61 Å². The maximum atomic E-state index is 11.9. The SMILES string of the molecule is CC1CN(C(=O)OC(C)(C)C)CCC1CCON. The molecule has 0 aromatic carbocycles. The number of piperidine rings is 1. The van der Waals surface area contributed by atoms with E-state index in [1.54, 1.807) is 4.90 Å². The molecule has 1 saturated heterocycles. The molecule has 2 unspecified atom stereocenters. The Morgan fingerprint density at radius 2 is 2.11 bits per heavy atom. The van der Waals surface area contributed by atoms with Crippen molar-refractivity contribution in [3.05, 3.63) is 0 Å². The Bertz CT molecular complexity index is 276. The Hall–Kier alpha value is -0.810. The van der Waals surface area contributed by atoms with Gasteiger partial charge in [0.25, 0.3) is 0 Å². The van der Waals surface area contributed by atoms with Crippen LogP contribution in [0.15, 0.2) is 0 Å². The molecule has 0 aromatic heterocycles. The van der Waals surface area contributed by atoms with Crippen LogP contribution in [0, 0.1) is 11.8 Å². The van der Waals surface area contributed by atoms with Gasteiger partial charge in [-0.3, -0.25) is 0 Å². The molecule has 1 fully saturated rings. The summed E-state index contributed by atoms with van der Waals surface area (Å²) in [5.41, 5.74) is -0.426. The number of carbonyl (C=O) groups excluding carboxylic acids is 1. The van der Waals surface area contributed by atoms with Gasteiger partial charge in [0.2, 0.25) is 0 Å². The number of carbonyl (C=O) groups is 1. The van der Waals surface area contributed by atoms with Gasteiger partial charge in [-0.2, -0.15) is 0 Å². The van der Waals surface area contributed by atoms with Crippen LogP contribution in [0.1, 0.15) is 40.5 Å². The van der Waals surface area contributed by atoms with Crippen molar-refractivity contribution in [2.24, 2.45) is 17.7 Å².